The van der Waals surface area contributed by atoms with Crippen LogP contribution in [0.1, 0.15) is 16.7 Å². The maximum absolute atomic E-state index is 13.6. The van der Waals surface area contributed by atoms with Gasteiger partial charge >= 0.3 is 0 Å². The van der Waals surface area contributed by atoms with Crippen LogP contribution in [0.15, 0.2) is 30.3 Å². The molecule has 0 unspecified atom stereocenters. The Hall–Kier alpha value is -2.27. The second kappa shape index (κ2) is 8.21. The molecule has 0 N–H and O–H groups in total. The first kappa shape index (κ1) is 19.1. The van der Waals surface area contributed by atoms with Crippen molar-refractivity contribution in [3.63, 3.8) is 0 Å². The summed E-state index contributed by atoms with van der Waals surface area (Å²) in [7, 11) is 3.08. The van der Waals surface area contributed by atoms with Crippen LogP contribution >= 0.6 is 11.6 Å². The van der Waals surface area contributed by atoms with E-state index in [1.54, 1.807) is 37.3 Å². The number of hydrogen-bond acceptors (Lipinski definition) is 3. The number of aryl methyl sites for hydroxylation is 2. The summed E-state index contributed by atoms with van der Waals surface area (Å²) in [6, 6.07) is 8.11. The van der Waals surface area contributed by atoms with Crippen molar-refractivity contribution in [3.8, 4) is 11.5 Å². The van der Waals surface area contributed by atoms with Crippen LogP contribution < -0.4 is 14.4 Å². The zero-order valence-electron chi connectivity index (χ0n) is 14.7. The molecule has 0 spiro atoms. The van der Waals surface area contributed by atoms with Crippen molar-refractivity contribution in [2.45, 2.75) is 20.4 Å². The molecule has 0 aliphatic rings. The van der Waals surface area contributed by atoms with E-state index in [4.69, 9.17) is 21.1 Å². The van der Waals surface area contributed by atoms with Crippen molar-refractivity contribution in [2.75, 3.05) is 25.0 Å². The number of rotatable bonds is 6. The number of amides is 1. The largest absolute Gasteiger partial charge is 0.497 e. The molecule has 25 heavy (non-hydrogen) atoms. The summed E-state index contributed by atoms with van der Waals surface area (Å²) in [4.78, 5) is 14.0. The summed E-state index contributed by atoms with van der Waals surface area (Å²) in [5.74, 6) is 0.402. The van der Waals surface area contributed by atoms with Gasteiger partial charge in [0.1, 0.15) is 23.2 Å². The Morgan fingerprint density at radius 3 is 2.00 bits per heavy atom. The van der Waals surface area contributed by atoms with E-state index in [2.05, 4.69) is 0 Å². The van der Waals surface area contributed by atoms with Crippen LogP contribution in [0.4, 0.5) is 10.1 Å². The highest BCUT2D eigenvalue weighted by Crippen LogP contribution is 2.30. The highest BCUT2D eigenvalue weighted by Gasteiger charge is 2.19. The van der Waals surface area contributed by atoms with Gasteiger partial charge in [-0.1, -0.05) is 0 Å². The van der Waals surface area contributed by atoms with Crippen LogP contribution in [-0.4, -0.2) is 26.0 Å². The average molecular weight is 366 g/mol. The predicted molar refractivity (Wildman–Crippen MR) is 97.3 cm³/mol. The van der Waals surface area contributed by atoms with Crippen molar-refractivity contribution < 1.29 is 18.7 Å². The highest BCUT2D eigenvalue weighted by molar-refractivity contribution is 6.29. The van der Waals surface area contributed by atoms with Crippen LogP contribution in [-0.2, 0) is 11.3 Å². The van der Waals surface area contributed by atoms with E-state index in [1.807, 2.05) is 13.8 Å². The molecule has 2 aromatic carbocycles. The molecule has 2 rings (SSSR count). The first-order valence-corrected chi connectivity index (χ1v) is 8.28. The topological polar surface area (TPSA) is 38.8 Å². The fourth-order valence-corrected chi connectivity index (χ4v) is 2.84. The number of carbonyl (C=O) groups excluding carboxylic acids is 1. The molecule has 1 amide bonds. The molecule has 6 heteroatoms. The minimum absolute atomic E-state index is 0.168. The predicted octanol–water partition coefficient (Wildman–Crippen LogP) is 4.23. The number of benzene rings is 2. The van der Waals surface area contributed by atoms with Crippen molar-refractivity contribution in [1.82, 2.24) is 0 Å². The maximum Gasteiger partial charge on any atom is 0.242 e. The minimum Gasteiger partial charge on any atom is -0.497 e. The Morgan fingerprint density at radius 1 is 1.04 bits per heavy atom. The van der Waals surface area contributed by atoms with Gasteiger partial charge in [0, 0.05) is 18.2 Å². The Kier molecular flexibility index (Phi) is 6.26. The van der Waals surface area contributed by atoms with Gasteiger partial charge in [0.2, 0.25) is 5.91 Å². The molecule has 0 saturated heterocycles. The Labute approximate surface area is 152 Å². The number of alkyl halides is 1. The molecule has 134 valence electrons. The third-order valence-electron chi connectivity index (χ3n) is 4.04. The van der Waals surface area contributed by atoms with Crippen molar-refractivity contribution in [3.05, 3.63) is 52.8 Å². The summed E-state index contributed by atoms with van der Waals surface area (Å²) in [5.41, 5.74) is 3.03. The van der Waals surface area contributed by atoms with Crippen LogP contribution in [0.25, 0.3) is 0 Å². The van der Waals surface area contributed by atoms with Gasteiger partial charge in [-0.25, -0.2) is 4.39 Å². The van der Waals surface area contributed by atoms with Crippen LogP contribution in [0.2, 0.25) is 0 Å². The number of nitrogens with zero attached hydrogens (tertiary/aromatic N) is 1. The van der Waals surface area contributed by atoms with Gasteiger partial charge in [-0.05, 0) is 42.7 Å². The van der Waals surface area contributed by atoms with Crippen molar-refractivity contribution in [1.29, 1.82) is 0 Å². The number of anilines is 1. The standard InChI is InChI=1S/C19H21ClFNO3/c1-12-5-14(21)6-13(2)18(12)11-22(19(23)10-20)15-7-16(24-3)9-17(8-15)25-4/h5-9H,10-11H2,1-4H3. The number of methoxy groups -OCH3 is 2. The highest BCUT2D eigenvalue weighted by atomic mass is 35.5. The van der Waals surface area contributed by atoms with Gasteiger partial charge in [0.25, 0.3) is 0 Å². The molecule has 0 fully saturated rings. The lowest BCUT2D eigenvalue weighted by Gasteiger charge is -2.25. The molecule has 0 heterocycles. The fourth-order valence-electron chi connectivity index (χ4n) is 2.69. The minimum atomic E-state index is -0.294. The van der Waals surface area contributed by atoms with Crippen molar-refractivity contribution in [2.24, 2.45) is 0 Å². The van der Waals surface area contributed by atoms with Crippen LogP contribution in [0.3, 0.4) is 0 Å². The molecule has 0 aliphatic heterocycles. The number of carbonyl (C=O) groups is 1. The summed E-state index contributed by atoms with van der Waals surface area (Å²) in [6.07, 6.45) is 0. The molecule has 4 nitrogen and oxygen atoms in total. The van der Waals surface area contributed by atoms with E-state index < -0.39 is 0 Å². The first-order valence-electron chi connectivity index (χ1n) is 7.74. The molecule has 0 saturated carbocycles. The SMILES string of the molecule is COc1cc(OC)cc(N(Cc2c(C)cc(F)cc2C)C(=O)CCl)c1. The summed E-state index contributed by atoms with van der Waals surface area (Å²) < 4.78 is 24.1. The second-order valence-corrected chi connectivity index (χ2v) is 5.97. The molecular weight excluding hydrogens is 345 g/mol. The van der Waals surface area contributed by atoms with E-state index in [1.165, 1.54) is 12.1 Å². The normalized spacial score (nSPS) is 10.5. The monoisotopic (exact) mass is 365 g/mol. The average Bonchev–Trinajstić information content (AvgIpc) is 2.59. The van der Waals surface area contributed by atoms with Crippen LogP contribution in [0, 0.1) is 19.7 Å². The lowest BCUT2D eigenvalue weighted by molar-refractivity contribution is -0.116. The molecular formula is C19H21ClFNO3. The Balaban J connectivity index is 2.50. The summed E-state index contributed by atoms with van der Waals surface area (Å²) >= 11 is 5.80. The van der Waals surface area contributed by atoms with E-state index in [0.717, 1.165) is 16.7 Å². The lowest BCUT2D eigenvalue weighted by Crippen LogP contribution is -2.32. The van der Waals surface area contributed by atoms with E-state index in [0.29, 0.717) is 17.2 Å². The molecule has 0 aromatic heterocycles. The van der Waals surface area contributed by atoms with Gasteiger partial charge in [-0.3, -0.25) is 4.79 Å². The van der Waals surface area contributed by atoms with Gasteiger partial charge in [0.05, 0.1) is 26.5 Å². The summed E-state index contributed by atoms with van der Waals surface area (Å²) in [6.45, 7) is 3.92. The number of hydrogen-bond donors (Lipinski definition) is 0. The maximum atomic E-state index is 13.6. The number of ether oxygens (including phenoxy) is 2. The molecule has 2 aromatic rings. The lowest BCUT2D eigenvalue weighted by atomic mass is 10.0. The third-order valence-corrected chi connectivity index (χ3v) is 4.27. The van der Waals surface area contributed by atoms with Gasteiger partial charge in [-0.2, -0.15) is 0 Å². The van der Waals surface area contributed by atoms with E-state index in [9.17, 15) is 9.18 Å². The third kappa shape index (κ3) is 4.42. The first-order chi connectivity index (χ1) is 11.9. The Bertz CT molecular complexity index is 734. The van der Waals surface area contributed by atoms with Crippen molar-refractivity contribution >= 4 is 23.2 Å². The summed E-state index contributed by atoms with van der Waals surface area (Å²) in [5, 5.41) is 0. The quantitative estimate of drug-likeness (QED) is 0.719. The molecule has 0 radical (unpaired) electrons. The van der Waals surface area contributed by atoms with E-state index in [-0.39, 0.29) is 24.1 Å². The number of halogens is 2. The van der Waals surface area contributed by atoms with Crippen LogP contribution in [0.5, 0.6) is 11.5 Å². The van der Waals surface area contributed by atoms with E-state index >= 15 is 0 Å². The zero-order chi connectivity index (χ0) is 18.6. The molecule has 0 aliphatic carbocycles. The van der Waals surface area contributed by atoms with Gasteiger partial charge in [0.15, 0.2) is 0 Å². The molecule has 0 atom stereocenters. The van der Waals surface area contributed by atoms with Gasteiger partial charge < -0.3 is 14.4 Å². The fraction of sp³-hybridized carbons (Fsp3) is 0.316. The second-order valence-electron chi connectivity index (χ2n) is 5.70. The Morgan fingerprint density at radius 2 is 1.56 bits per heavy atom. The van der Waals surface area contributed by atoms with Gasteiger partial charge in [-0.15, -0.1) is 11.6 Å². The zero-order valence-corrected chi connectivity index (χ0v) is 15.5. The molecule has 0 bridgehead atoms. The smallest absolute Gasteiger partial charge is 0.242 e.